The molecular weight excluding hydrogens is 160 g/mol. The van der Waals surface area contributed by atoms with Crippen LogP contribution in [0, 0.1) is 0 Å². The number of rotatable bonds is 3. The van der Waals surface area contributed by atoms with Crippen molar-refractivity contribution in [3.05, 3.63) is 10.8 Å². The molecule has 0 unspecified atom stereocenters. The number of halogens is 1. The lowest BCUT2D eigenvalue weighted by atomic mass is 10.1. The first-order valence-corrected chi connectivity index (χ1v) is 4.72. The van der Waals surface area contributed by atoms with Crippen LogP contribution in [0.4, 0.5) is 0 Å². The van der Waals surface area contributed by atoms with E-state index in [1.807, 2.05) is 0 Å². The summed E-state index contributed by atoms with van der Waals surface area (Å²) < 4.78 is 5.44. The Labute approximate surface area is 73.4 Å². The minimum atomic E-state index is 0.856. The standard InChI is InChI=1S/C9H15ClO/c1-2-3-6-9-8(10)5-4-7-11-9/h2-7H2,1H3. The number of hydrogen-bond acceptors (Lipinski definition) is 1. The lowest BCUT2D eigenvalue weighted by molar-refractivity contribution is 0.180. The second kappa shape index (κ2) is 4.66. The van der Waals surface area contributed by atoms with Crippen LogP contribution in [0.5, 0.6) is 0 Å². The van der Waals surface area contributed by atoms with E-state index in [0.29, 0.717) is 0 Å². The summed E-state index contributed by atoms with van der Waals surface area (Å²) in [6.07, 6.45) is 5.51. The molecule has 0 bridgehead atoms. The lowest BCUT2D eigenvalue weighted by Crippen LogP contribution is -2.03. The van der Waals surface area contributed by atoms with Gasteiger partial charge >= 0.3 is 0 Å². The van der Waals surface area contributed by atoms with Crippen molar-refractivity contribution in [1.29, 1.82) is 0 Å². The summed E-state index contributed by atoms with van der Waals surface area (Å²) in [5.74, 6) is 1.04. The highest BCUT2D eigenvalue weighted by Crippen LogP contribution is 2.25. The molecule has 0 spiro atoms. The van der Waals surface area contributed by atoms with Crippen LogP contribution in [-0.4, -0.2) is 6.61 Å². The molecule has 0 atom stereocenters. The fourth-order valence-corrected chi connectivity index (χ4v) is 1.47. The largest absolute Gasteiger partial charge is 0.497 e. The van der Waals surface area contributed by atoms with Crippen LogP contribution in [0.3, 0.4) is 0 Å². The maximum atomic E-state index is 5.97. The van der Waals surface area contributed by atoms with Gasteiger partial charge in [0, 0.05) is 6.42 Å². The van der Waals surface area contributed by atoms with Crippen LogP contribution in [0.25, 0.3) is 0 Å². The zero-order chi connectivity index (χ0) is 8.10. The quantitative estimate of drug-likeness (QED) is 0.637. The average Bonchev–Trinajstić information content (AvgIpc) is 2.03. The Morgan fingerprint density at radius 2 is 2.36 bits per heavy atom. The zero-order valence-electron chi connectivity index (χ0n) is 7.03. The molecule has 0 aromatic carbocycles. The first kappa shape index (κ1) is 8.92. The minimum Gasteiger partial charge on any atom is -0.497 e. The molecule has 0 saturated heterocycles. The molecule has 0 aromatic heterocycles. The van der Waals surface area contributed by atoms with Gasteiger partial charge in [0.05, 0.1) is 11.6 Å². The van der Waals surface area contributed by atoms with E-state index in [1.54, 1.807) is 0 Å². The highest BCUT2D eigenvalue weighted by molar-refractivity contribution is 6.29. The third-order valence-electron chi connectivity index (χ3n) is 1.88. The van der Waals surface area contributed by atoms with E-state index in [-0.39, 0.29) is 0 Å². The number of hydrogen-bond donors (Lipinski definition) is 0. The molecule has 0 saturated carbocycles. The summed E-state index contributed by atoms with van der Waals surface area (Å²) in [5, 5.41) is 0.949. The van der Waals surface area contributed by atoms with Crippen molar-refractivity contribution in [2.45, 2.75) is 39.0 Å². The third kappa shape index (κ3) is 2.74. The summed E-state index contributed by atoms with van der Waals surface area (Å²) in [6.45, 7) is 3.03. The molecular formula is C9H15ClO. The molecule has 1 nitrogen and oxygen atoms in total. The Bertz CT molecular complexity index is 152. The topological polar surface area (TPSA) is 9.23 Å². The third-order valence-corrected chi connectivity index (χ3v) is 2.28. The van der Waals surface area contributed by atoms with E-state index >= 15 is 0 Å². The smallest absolute Gasteiger partial charge is 0.110 e. The number of allylic oxidation sites excluding steroid dienone is 2. The van der Waals surface area contributed by atoms with Crippen LogP contribution >= 0.6 is 11.6 Å². The van der Waals surface area contributed by atoms with Gasteiger partial charge in [-0.1, -0.05) is 24.9 Å². The Hall–Kier alpha value is -0.170. The summed E-state index contributed by atoms with van der Waals surface area (Å²) in [4.78, 5) is 0. The second-order valence-electron chi connectivity index (χ2n) is 2.88. The van der Waals surface area contributed by atoms with Gasteiger partial charge in [0.25, 0.3) is 0 Å². The highest BCUT2D eigenvalue weighted by Gasteiger charge is 2.10. The molecule has 0 radical (unpaired) electrons. The zero-order valence-corrected chi connectivity index (χ0v) is 7.78. The molecule has 2 heteroatoms. The van der Waals surface area contributed by atoms with E-state index < -0.39 is 0 Å². The van der Waals surface area contributed by atoms with Gasteiger partial charge < -0.3 is 4.74 Å². The summed E-state index contributed by atoms with van der Waals surface area (Å²) in [7, 11) is 0. The minimum absolute atomic E-state index is 0.856. The molecule has 1 rings (SSSR count). The Morgan fingerprint density at radius 1 is 1.55 bits per heavy atom. The molecule has 1 aliphatic heterocycles. The Balaban J connectivity index is 2.39. The van der Waals surface area contributed by atoms with Crippen LogP contribution in [0.15, 0.2) is 10.8 Å². The lowest BCUT2D eigenvalue weighted by Gasteiger charge is -2.17. The predicted molar refractivity (Wildman–Crippen MR) is 47.6 cm³/mol. The van der Waals surface area contributed by atoms with Crippen LogP contribution < -0.4 is 0 Å². The summed E-state index contributed by atoms with van der Waals surface area (Å²) in [5.41, 5.74) is 0. The maximum Gasteiger partial charge on any atom is 0.110 e. The highest BCUT2D eigenvalue weighted by atomic mass is 35.5. The van der Waals surface area contributed by atoms with Crippen molar-refractivity contribution >= 4 is 11.6 Å². The van der Waals surface area contributed by atoms with E-state index in [0.717, 1.165) is 36.7 Å². The first-order chi connectivity index (χ1) is 5.34. The molecule has 64 valence electrons. The molecule has 0 N–H and O–H groups in total. The fourth-order valence-electron chi connectivity index (χ4n) is 1.19. The van der Waals surface area contributed by atoms with E-state index in [9.17, 15) is 0 Å². The number of unbranched alkanes of at least 4 members (excludes halogenated alkanes) is 1. The Morgan fingerprint density at radius 3 is 3.00 bits per heavy atom. The van der Waals surface area contributed by atoms with E-state index in [4.69, 9.17) is 16.3 Å². The molecule has 0 aromatic rings. The van der Waals surface area contributed by atoms with Gasteiger partial charge in [-0.15, -0.1) is 0 Å². The molecule has 1 heterocycles. The van der Waals surface area contributed by atoms with Gasteiger partial charge in [0.15, 0.2) is 0 Å². The van der Waals surface area contributed by atoms with Crippen molar-refractivity contribution in [3.63, 3.8) is 0 Å². The van der Waals surface area contributed by atoms with Crippen LogP contribution in [0.1, 0.15) is 39.0 Å². The van der Waals surface area contributed by atoms with Gasteiger partial charge in [-0.05, 0) is 19.3 Å². The van der Waals surface area contributed by atoms with Gasteiger partial charge in [0.2, 0.25) is 0 Å². The van der Waals surface area contributed by atoms with Crippen molar-refractivity contribution in [3.8, 4) is 0 Å². The van der Waals surface area contributed by atoms with Crippen molar-refractivity contribution < 1.29 is 4.74 Å². The van der Waals surface area contributed by atoms with Gasteiger partial charge in [-0.3, -0.25) is 0 Å². The van der Waals surface area contributed by atoms with Crippen molar-refractivity contribution in [2.75, 3.05) is 6.61 Å². The van der Waals surface area contributed by atoms with Gasteiger partial charge in [-0.25, -0.2) is 0 Å². The molecule has 11 heavy (non-hydrogen) atoms. The summed E-state index contributed by atoms with van der Waals surface area (Å²) in [6, 6.07) is 0. The SMILES string of the molecule is CCCCC1=C(Cl)CCCO1. The first-order valence-electron chi connectivity index (χ1n) is 4.35. The monoisotopic (exact) mass is 174 g/mol. The molecule has 1 aliphatic rings. The van der Waals surface area contributed by atoms with Gasteiger partial charge in [-0.2, -0.15) is 0 Å². The molecule has 0 fully saturated rings. The maximum absolute atomic E-state index is 5.97. The second-order valence-corrected chi connectivity index (χ2v) is 3.34. The molecule has 0 amide bonds. The van der Waals surface area contributed by atoms with Crippen LogP contribution in [0.2, 0.25) is 0 Å². The van der Waals surface area contributed by atoms with Crippen LogP contribution in [-0.2, 0) is 4.74 Å². The van der Waals surface area contributed by atoms with Crippen molar-refractivity contribution in [1.82, 2.24) is 0 Å². The average molecular weight is 175 g/mol. The Kier molecular flexibility index (Phi) is 3.78. The summed E-state index contributed by atoms with van der Waals surface area (Å²) >= 11 is 5.97. The molecule has 0 aliphatic carbocycles. The fraction of sp³-hybridized carbons (Fsp3) is 0.778. The van der Waals surface area contributed by atoms with Gasteiger partial charge in [0.1, 0.15) is 5.76 Å². The van der Waals surface area contributed by atoms with E-state index in [1.165, 1.54) is 12.8 Å². The van der Waals surface area contributed by atoms with E-state index in [2.05, 4.69) is 6.92 Å². The predicted octanol–water partition coefficient (Wildman–Crippen LogP) is 3.44. The number of ether oxygens (including phenoxy) is 1. The van der Waals surface area contributed by atoms with Crippen molar-refractivity contribution in [2.24, 2.45) is 0 Å². The normalized spacial score (nSPS) is 18.4.